The highest BCUT2D eigenvalue weighted by atomic mass is 16.5. The number of aliphatic hydroxyl groups is 1. The van der Waals surface area contributed by atoms with Gasteiger partial charge in [0.05, 0.1) is 24.8 Å². The van der Waals surface area contributed by atoms with Gasteiger partial charge in [0.15, 0.2) is 23.0 Å². The monoisotopic (exact) mass is 483 g/mol. The topological polar surface area (TPSA) is 76.1 Å². The molecular formula is C30H29NO5. The zero-order valence-electron chi connectivity index (χ0n) is 20.4. The molecule has 0 aliphatic carbocycles. The Labute approximate surface area is 211 Å². The van der Waals surface area contributed by atoms with Gasteiger partial charge >= 0.3 is 0 Å². The van der Waals surface area contributed by atoms with Crippen LogP contribution in [0.3, 0.4) is 0 Å². The number of carbonyl (C=O) groups excluding carboxylic acids is 2. The van der Waals surface area contributed by atoms with Crippen molar-refractivity contribution in [3.8, 4) is 11.5 Å². The lowest BCUT2D eigenvalue weighted by Gasteiger charge is -2.27. The van der Waals surface area contributed by atoms with E-state index in [-0.39, 0.29) is 12.1 Å². The van der Waals surface area contributed by atoms with Gasteiger partial charge < -0.3 is 19.5 Å². The predicted octanol–water partition coefficient (Wildman–Crippen LogP) is 5.66. The number of ketones is 1. The quantitative estimate of drug-likeness (QED) is 0.377. The van der Waals surface area contributed by atoms with Crippen LogP contribution in [0.15, 0.2) is 96.3 Å². The van der Waals surface area contributed by atoms with Gasteiger partial charge in [-0.25, -0.2) is 0 Å². The lowest BCUT2D eigenvalue weighted by molar-refractivity contribution is -0.130. The van der Waals surface area contributed by atoms with Gasteiger partial charge in [-0.1, -0.05) is 72.8 Å². The van der Waals surface area contributed by atoms with Crippen molar-refractivity contribution in [2.24, 2.45) is 0 Å². The average Bonchev–Trinajstić information content (AvgIpc) is 3.15. The summed E-state index contributed by atoms with van der Waals surface area (Å²) in [6.45, 7) is 4.88. The van der Waals surface area contributed by atoms with E-state index in [4.69, 9.17) is 9.47 Å². The summed E-state index contributed by atoms with van der Waals surface area (Å²) < 4.78 is 11.5. The van der Waals surface area contributed by atoms with Crippen LogP contribution in [-0.4, -0.2) is 34.9 Å². The molecule has 184 valence electrons. The second kappa shape index (κ2) is 11.4. The van der Waals surface area contributed by atoms with E-state index >= 15 is 0 Å². The molecule has 0 saturated carbocycles. The van der Waals surface area contributed by atoms with Crippen LogP contribution < -0.4 is 9.47 Å². The van der Waals surface area contributed by atoms with Crippen LogP contribution in [0.4, 0.5) is 0 Å². The molecule has 1 N–H and O–H groups in total. The minimum atomic E-state index is -0.791. The first-order valence-electron chi connectivity index (χ1n) is 12.0. The summed E-state index contributed by atoms with van der Waals surface area (Å²) in [4.78, 5) is 28.2. The number of amides is 1. The number of allylic oxidation sites excluding steroid dienone is 1. The summed E-state index contributed by atoms with van der Waals surface area (Å²) in [5, 5.41) is 10.9. The summed E-state index contributed by atoms with van der Waals surface area (Å²) in [5.41, 5.74) is 2.40. The van der Waals surface area contributed by atoms with Crippen molar-refractivity contribution in [3.63, 3.8) is 0 Å². The van der Waals surface area contributed by atoms with Crippen LogP contribution in [0.25, 0.3) is 6.08 Å². The van der Waals surface area contributed by atoms with Crippen LogP contribution in [0.1, 0.15) is 36.6 Å². The van der Waals surface area contributed by atoms with Crippen molar-refractivity contribution < 1.29 is 24.2 Å². The third-order valence-electron chi connectivity index (χ3n) is 5.87. The Morgan fingerprint density at radius 1 is 0.917 bits per heavy atom. The summed E-state index contributed by atoms with van der Waals surface area (Å²) in [7, 11) is 0. The molecule has 1 heterocycles. The van der Waals surface area contributed by atoms with E-state index < -0.39 is 23.5 Å². The van der Waals surface area contributed by atoms with Crippen molar-refractivity contribution in [1.29, 1.82) is 0 Å². The molecule has 1 unspecified atom stereocenters. The van der Waals surface area contributed by atoms with E-state index in [1.54, 1.807) is 24.3 Å². The Morgan fingerprint density at radius 3 is 2.22 bits per heavy atom. The van der Waals surface area contributed by atoms with Crippen molar-refractivity contribution in [2.45, 2.75) is 26.4 Å². The Hall–Kier alpha value is -4.32. The van der Waals surface area contributed by atoms with Gasteiger partial charge in [-0.3, -0.25) is 9.59 Å². The Balaban J connectivity index is 1.77. The van der Waals surface area contributed by atoms with Gasteiger partial charge in [-0.05, 0) is 48.7 Å². The zero-order chi connectivity index (χ0) is 25.5. The molecule has 0 bridgehead atoms. The maximum absolute atomic E-state index is 13.4. The lowest BCUT2D eigenvalue weighted by atomic mass is 9.95. The molecule has 6 nitrogen and oxygen atoms in total. The maximum atomic E-state index is 13.4. The third kappa shape index (κ3) is 5.33. The normalized spacial score (nSPS) is 15.6. The van der Waals surface area contributed by atoms with Crippen LogP contribution in [0.5, 0.6) is 11.5 Å². The van der Waals surface area contributed by atoms with Gasteiger partial charge in [-0.2, -0.15) is 0 Å². The summed E-state index contributed by atoms with van der Waals surface area (Å²) in [6.07, 6.45) is 3.07. The number of benzene rings is 3. The fourth-order valence-corrected chi connectivity index (χ4v) is 4.26. The fraction of sp³-hybridized carbons (Fsp3) is 0.200. The molecule has 1 aliphatic heterocycles. The van der Waals surface area contributed by atoms with Crippen molar-refractivity contribution in [1.82, 2.24) is 4.90 Å². The Morgan fingerprint density at radius 2 is 1.56 bits per heavy atom. The van der Waals surface area contributed by atoms with Gasteiger partial charge in [-0.15, -0.1) is 0 Å². The summed E-state index contributed by atoms with van der Waals surface area (Å²) in [5.74, 6) is -0.469. The van der Waals surface area contributed by atoms with Crippen LogP contribution in [0, 0.1) is 0 Å². The number of aliphatic hydroxyl groups excluding tert-OH is 1. The predicted molar refractivity (Wildman–Crippen MR) is 139 cm³/mol. The zero-order valence-corrected chi connectivity index (χ0v) is 20.4. The SMILES string of the molecule is CCOc1ccc(C2C(C(=O)C=Cc3ccccc3)=C(O)C(=O)N2Cc2ccccc2)cc1OCC. The highest BCUT2D eigenvalue weighted by Crippen LogP contribution is 2.41. The maximum Gasteiger partial charge on any atom is 0.290 e. The standard InChI is InChI=1S/C30H29NO5/c1-3-35-25-18-16-23(19-26(25)36-4-2)28-27(24(32)17-15-21-11-7-5-8-12-21)29(33)30(34)31(28)20-22-13-9-6-10-14-22/h5-19,28,33H,3-4,20H2,1-2H3. The van der Waals surface area contributed by atoms with Crippen molar-refractivity contribution >= 4 is 17.8 Å². The molecule has 0 spiro atoms. The summed E-state index contributed by atoms with van der Waals surface area (Å²) >= 11 is 0. The highest BCUT2D eigenvalue weighted by molar-refractivity contribution is 6.14. The highest BCUT2D eigenvalue weighted by Gasteiger charge is 2.43. The molecule has 6 heteroatoms. The van der Waals surface area contributed by atoms with E-state index in [2.05, 4.69) is 0 Å². The number of ether oxygens (including phenoxy) is 2. The molecule has 1 aliphatic rings. The number of carbonyl (C=O) groups is 2. The lowest BCUT2D eigenvalue weighted by Crippen LogP contribution is -2.30. The van der Waals surface area contributed by atoms with Crippen LogP contribution >= 0.6 is 0 Å². The molecule has 0 fully saturated rings. The molecule has 36 heavy (non-hydrogen) atoms. The first kappa shape index (κ1) is 24.8. The van der Waals surface area contributed by atoms with Crippen molar-refractivity contribution in [2.75, 3.05) is 13.2 Å². The molecule has 3 aromatic rings. The molecule has 0 aromatic heterocycles. The molecule has 1 amide bonds. The largest absolute Gasteiger partial charge is 0.503 e. The first-order valence-corrected chi connectivity index (χ1v) is 12.0. The molecule has 0 saturated heterocycles. The minimum Gasteiger partial charge on any atom is -0.503 e. The fourth-order valence-electron chi connectivity index (χ4n) is 4.26. The molecule has 1 atom stereocenters. The molecule has 4 rings (SSSR count). The van der Waals surface area contributed by atoms with E-state index in [1.165, 1.54) is 11.0 Å². The molecule has 0 radical (unpaired) electrons. The molecule has 3 aromatic carbocycles. The van der Waals surface area contributed by atoms with Gasteiger partial charge in [0.1, 0.15) is 0 Å². The van der Waals surface area contributed by atoms with Gasteiger partial charge in [0.25, 0.3) is 5.91 Å². The second-order valence-corrected chi connectivity index (χ2v) is 8.26. The average molecular weight is 484 g/mol. The van der Waals surface area contributed by atoms with Crippen LogP contribution in [0.2, 0.25) is 0 Å². The number of hydrogen-bond donors (Lipinski definition) is 1. The minimum absolute atomic E-state index is 0.0368. The Bertz CT molecular complexity index is 1280. The van der Waals surface area contributed by atoms with Crippen molar-refractivity contribution in [3.05, 3.63) is 113 Å². The van der Waals surface area contributed by atoms with Crippen LogP contribution in [-0.2, 0) is 16.1 Å². The number of rotatable bonds is 10. The summed E-state index contributed by atoms with van der Waals surface area (Å²) in [6, 6.07) is 23.4. The number of nitrogens with zero attached hydrogens (tertiary/aromatic N) is 1. The molecular weight excluding hydrogens is 454 g/mol. The number of hydrogen-bond acceptors (Lipinski definition) is 5. The smallest absolute Gasteiger partial charge is 0.290 e. The van der Waals surface area contributed by atoms with E-state index in [1.807, 2.05) is 74.5 Å². The Kier molecular flexibility index (Phi) is 7.85. The van der Waals surface area contributed by atoms with E-state index in [0.717, 1.165) is 11.1 Å². The first-order chi connectivity index (χ1) is 17.5. The van der Waals surface area contributed by atoms with Gasteiger partial charge in [0.2, 0.25) is 0 Å². The second-order valence-electron chi connectivity index (χ2n) is 8.26. The van der Waals surface area contributed by atoms with E-state index in [0.29, 0.717) is 30.3 Å². The third-order valence-corrected chi connectivity index (χ3v) is 5.87. The van der Waals surface area contributed by atoms with E-state index in [9.17, 15) is 14.7 Å². The van der Waals surface area contributed by atoms with Gasteiger partial charge in [0, 0.05) is 6.54 Å².